The number of halogens is 1. The van der Waals surface area contributed by atoms with Crippen LogP contribution in [0, 0.1) is 13.8 Å². The molecule has 12 heteroatoms. The highest BCUT2D eigenvalue weighted by atomic mass is 35.5. The van der Waals surface area contributed by atoms with Crippen LogP contribution in [0.3, 0.4) is 0 Å². The average molecular weight is 568 g/mol. The van der Waals surface area contributed by atoms with E-state index in [4.69, 9.17) is 16.3 Å². The van der Waals surface area contributed by atoms with Crippen LogP contribution >= 0.6 is 11.6 Å². The number of aryl methyl sites for hydroxylation is 3. The molecule has 39 heavy (non-hydrogen) atoms. The standard InChI is InChI=1S/C27H30ClN7O3S/c1-18-7-5-8-19(2)25(18)21-15-24(31-27(30-21)32-39(36,37)20-16-29-34(4)17-20)38-23-10-6-9-22(26(23)28)35-13-11-33(3)12-14-35/h5-10,15-17H,11-14H2,1-4H3,(H,30,31,32). The number of rotatable bonds is 7. The molecule has 1 aliphatic rings. The van der Waals surface area contributed by atoms with E-state index >= 15 is 0 Å². The van der Waals surface area contributed by atoms with Crippen LogP contribution in [0.4, 0.5) is 11.6 Å². The molecule has 1 fully saturated rings. The third-order valence-electron chi connectivity index (χ3n) is 6.66. The highest BCUT2D eigenvalue weighted by Gasteiger charge is 2.22. The maximum Gasteiger partial charge on any atom is 0.267 e. The summed E-state index contributed by atoms with van der Waals surface area (Å²) in [5.74, 6) is 0.449. The minimum absolute atomic E-state index is 0.00327. The fourth-order valence-electron chi connectivity index (χ4n) is 4.57. The molecule has 5 rings (SSSR count). The van der Waals surface area contributed by atoms with E-state index in [2.05, 4.69) is 36.6 Å². The van der Waals surface area contributed by atoms with E-state index < -0.39 is 10.0 Å². The van der Waals surface area contributed by atoms with Gasteiger partial charge in [-0.15, -0.1) is 0 Å². The van der Waals surface area contributed by atoms with Crippen molar-refractivity contribution in [2.45, 2.75) is 18.7 Å². The van der Waals surface area contributed by atoms with Crippen LogP contribution in [0.15, 0.2) is 59.8 Å². The Balaban J connectivity index is 1.54. The van der Waals surface area contributed by atoms with Gasteiger partial charge in [0.2, 0.25) is 11.8 Å². The lowest BCUT2D eigenvalue weighted by Gasteiger charge is -2.34. The van der Waals surface area contributed by atoms with Gasteiger partial charge >= 0.3 is 0 Å². The monoisotopic (exact) mass is 567 g/mol. The van der Waals surface area contributed by atoms with Crippen molar-refractivity contribution < 1.29 is 13.2 Å². The van der Waals surface area contributed by atoms with Crippen LogP contribution in [0.5, 0.6) is 11.6 Å². The van der Waals surface area contributed by atoms with Gasteiger partial charge in [0.15, 0.2) is 0 Å². The zero-order valence-electron chi connectivity index (χ0n) is 22.2. The smallest absolute Gasteiger partial charge is 0.267 e. The predicted octanol–water partition coefficient (Wildman–Crippen LogP) is 4.49. The van der Waals surface area contributed by atoms with E-state index in [9.17, 15) is 8.42 Å². The molecule has 2 aromatic heterocycles. The Morgan fingerprint density at radius 3 is 2.33 bits per heavy atom. The Bertz CT molecular complexity index is 1600. The van der Waals surface area contributed by atoms with E-state index in [0.29, 0.717) is 16.5 Å². The first-order chi connectivity index (χ1) is 18.6. The fraction of sp³-hybridized carbons (Fsp3) is 0.296. The molecule has 4 aromatic rings. The topological polar surface area (TPSA) is 105 Å². The molecule has 10 nitrogen and oxygen atoms in total. The number of likely N-dealkylation sites (N-methyl/N-ethyl adjacent to an activating group) is 1. The largest absolute Gasteiger partial charge is 0.437 e. The number of nitrogens with one attached hydrogen (secondary N) is 1. The number of aromatic nitrogens is 4. The van der Waals surface area contributed by atoms with Crippen LogP contribution in [0.2, 0.25) is 5.02 Å². The van der Waals surface area contributed by atoms with Crippen molar-refractivity contribution in [3.05, 3.63) is 71.0 Å². The lowest BCUT2D eigenvalue weighted by atomic mass is 10.00. The second-order valence-electron chi connectivity index (χ2n) is 9.62. The second-order valence-corrected chi connectivity index (χ2v) is 11.7. The number of piperazine rings is 1. The van der Waals surface area contributed by atoms with Crippen LogP contribution in [0.25, 0.3) is 11.3 Å². The Morgan fingerprint density at radius 1 is 0.974 bits per heavy atom. The van der Waals surface area contributed by atoms with Gasteiger partial charge in [0.25, 0.3) is 10.0 Å². The summed E-state index contributed by atoms with van der Waals surface area (Å²) in [5, 5.41) is 4.42. The van der Waals surface area contributed by atoms with Crippen molar-refractivity contribution in [1.82, 2.24) is 24.6 Å². The van der Waals surface area contributed by atoms with Crippen molar-refractivity contribution in [3.8, 4) is 22.9 Å². The van der Waals surface area contributed by atoms with Crippen LogP contribution in [-0.4, -0.2) is 66.3 Å². The van der Waals surface area contributed by atoms with Crippen molar-refractivity contribution in [2.75, 3.05) is 42.8 Å². The first-order valence-electron chi connectivity index (χ1n) is 12.5. The first-order valence-corrected chi connectivity index (χ1v) is 14.3. The van der Waals surface area contributed by atoms with E-state index in [-0.39, 0.29) is 16.7 Å². The number of anilines is 2. The maximum atomic E-state index is 13.0. The summed E-state index contributed by atoms with van der Waals surface area (Å²) in [4.78, 5) is 13.4. The number of sulfonamides is 1. The van der Waals surface area contributed by atoms with Gasteiger partial charge in [0.05, 0.1) is 17.6 Å². The summed E-state index contributed by atoms with van der Waals surface area (Å²) < 4.78 is 36.2. The molecular weight excluding hydrogens is 538 g/mol. The van der Waals surface area contributed by atoms with Gasteiger partial charge in [-0.05, 0) is 44.2 Å². The van der Waals surface area contributed by atoms with Gasteiger partial charge < -0.3 is 14.5 Å². The minimum atomic E-state index is -3.99. The lowest BCUT2D eigenvalue weighted by molar-refractivity contribution is 0.313. The van der Waals surface area contributed by atoms with E-state index in [1.54, 1.807) is 19.2 Å². The Morgan fingerprint density at radius 2 is 1.67 bits per heavy atom. The molecule has 1 N–H and O–H groups in total. The number of nitrogens with zero attached hydrogens (tertiary/aromatic N) is 6. The normalized spacial score (nSPS) is 14.4. The summed E-state index contributed by atoms with van der Waals surface area (Å²) in [7, 11) is -0.245. The highest BCUT2D eigenvalue weighted by Crippen LogP contribution is 2.38. The van der Waals surface area contributed by atoms with Crippen molar-refractivity contribution in [2.24, 2.45) is 7.05 Å². The molecule has 0 atom stereocenters. The third kappa shape index (κ3) is 5.85. The molecule has 0 bridgehead atoms. The van der Waals surface area contributed by atoms with E-state index in [1.165, 1.54) is 17.1 Å². The quantitative estimate of drug-likeness (QED) is 0.348. The van der Waals surface area contributed by atoms with Crippen LogP contribution in [0.1, 0.15) is 11.1 Å². The van der Waals surface area contributed by atoms with Crippen LogP contribution in [-0.2, 0) is 17.1 Å². The summed E-state index contributed by atoms with van der Waals surface area (Å²) in [5.41, 5.74) is 4.23. The van der Waals surface area contributed by atoms with Gasteiger partial charge in [-0.1, -0.05) is 35.9 Å². The summed E-state index contributed by atoms with van der Waals surface area (Å²) in [6.45, 7) is 7.52. The number of benzene rings is 2. The molecular formula is C27H30ClN7O3S. The number of ether oxygens (including phenoxy) is 1. The third-order valence-corrected chi connectivity index (χ3v) is 8.32. The summed E-state index contributed by atoms with van der Waals surface area (Å²) in [6, 6.07) is 13.2. The van der Waals surface area contributed by atoms with E-state index in [0.717, 1.165) is 48.6 Å². The average Bonchev–Trinajstić information content (AvgIpc) is 3.33. The fourth-order valence-corrected chi connectivity index (χ4v) is 5.78. The first kappa shape index (κ1) is 26.9. The molecule has 204 valence electrons. The van der Waals surface area contributed by atoms with Gasteiger partial charge in [-0.25, -0.2) is 18.1 Å². The number of hydrogen-bond donors (Lipinski definition) is 1. The molecule has 2 aromatic carbocycles. The predicted molar refractivity (Wildman–Crippen MR) is 152 cm³/mol. The molecule has 0 unspecified atom stereocenters. The molecule has 0 amide bonds. The molecule has 1 aliphatic heterocycles. The van der Waals surface area contributed by atoms with Crippen molar-refractivity contribution >= 4 is 33.3 Å². The lowest BCUT2D eigenvalue weighted by Crippen LogP contribution is -2.44. The molecule has 1 saturated heterocycles. The van der Waals surface area contributed by atoms with E-state index in [1.807, 2.05) is 44.2 Å². The molecule has 0 saturated carbocycles. The van der Waals surface area contributed by atoms with Crippen molar-refractivity contribution in [3.63, 3.8) is 0 Å². The van der Waals surface area contributed by atoms with Gasteiger partial charge in [0.1, 0.15) is 15.7 Å². The Kier molecular flexibility index (Phi) is 7.48. The number of hydrogen-bond acceptors (Lipinski definition) is 8. The van der Waals surface area contributed by atoms with Crippen LogP contribution < -0.4 is 14.4 Å². The molecule has 0 radical (unpaired) electrons. The second kappa shape index (κ2) is 10.8. The Labute approximate surface area is 233 Å². The highest BCUT2D eigenvalue weighted by molar-refractivity contribution is 7.92. The molecule has 3 heterocycles. The van der Waals surface area contributed by atoms with Gasteiger partial charge in [-0.3, -0.25) is 4.68 Å². The molecule has 0 spiro atoms. The minimum Gasteiger partial charge on any atom is -0.437 e. The molecule has 0 aliphatic carbocycles. The maximum absolute atomic E-state index is 13.0. The van der Waals surface area contributed by atoms with Crippen molar-refractivity contribution in [1.29, 1.82) is 0 Å². The SMILES string of the molecule is Cc1cccc(C)c1-c1cc(Oc2cccc(N3CCN(C)CC3)c2Cl)nc(NS(=O)(=O)c2cnn(C)c2)n1. The zero-order chi connectivity index (χ0) is 27.7. The zero-order valence-corrected chi connectivity index (χ0v) is 23.8. The van der Waals surface area contributed by atoms with Gasteiger partial charge in [0, 0.05) is 51.1 Å². The summed E-state index contributed by atoms with van der Waals surface area (Å²) >= 11 is 6.82. The summed E-state index contributed by atoms with van der Waals surface area (Å²) in [6.07, 6.45) is 2.66. The van der Waals surface area contributed by atoms with Gasteiger partial charge in [-0.2, -0.15) is 10.1 Å². The Hall–Kier alpha value is -3.67.